The van der Waals surface area contributed by atoms with Gasteiger partial charge in [-0.05, 0) is 55.9 Å². The second-order valence-electron chi connectivity index (χ2n) is 5.44. The summed E-state index contributed by atoms with van der Waals surface area (Å²) < 4.78 is 23.8. The number of carboxylic acids is 1. The smallest absolute Gasteiger partial charge is 0.335 e. The first kappa shape index (κ1) is 14.1. The standard InChI is InChI=1S/C14H18O4S/c1-9(2)19(17,18)8-10-5-11-3-4-12(14(15)16)7-13(11)6-10/h3-4,7,9-10H,5-6,8H2,1-2H3,(H,15,16)/t10-/m0/s1. The van der Waals surface area contributed by atoms with E-state index in [0.717, 1.165) is 17.5 Å². The Hall–Kier alpha value is -1.36. The van der Waals surface area contributed by atoms with Gasteiger partial charge in [0.2, 0.25) is 0 Å². The maximum Gasteiger partial charge on any atom is 0.335 e. The quantitative estimate of drug-likeness (QED) is 0.916. The van der Waals surface area contributed by atoms with Gasteiger partial charge in [0.05, 0.1) is 16.6 Å². The van der Waals surface area contributed by atoms with Gasteiger partial charge in [0.1, 0.15) is 0 Å². The van der Waals surface area contributed by atoms with Gasteiger partial charge < -0.3 is 5.11 Å². The number of benzene rings is 1. The molecule has 1 aromatic carbocycles. The van der Waals surface area contributed by atoms with E-state index in [-0.39, 0.29) is 22.5 Å². The molecule has 0 heterocycles. The molecule has 0 radical (unpaired) electrons. The van der Waals surface area contributed by atoms with Crippen LogP contribution in [0.25, 0.3) is 0 Å². The molecule has 1 atom stereocenters. The van der Waals surface area contributed by atoms with E-state index in [1.54, 1.807) is 32.0 Å². The molecule has 2 rings (SSSR count). The van der Waals surface area contributed by atoms with Crippen LogP contribution in [-0.2, 0) is 22.7 Å². The molecular weight excluding hydrogens is 264 g/mol. The Kier molecular flexibility index (Phi) is 3.67. The van der Waals surface area contributed by atoms with Crippen molar-refractivity contribution >= 4 is 15.8 Å². The van der Waals surface area contributed by atoms with E-state index in [4.69, 9.17) is 5.11 Å². The van der Waals surface area contributed by atoms with E-state index in [1.807, 2.05) is 0 Å². The fourth-order valence-corrected chi connectivity index (χ4v) is 3.76. The van der Waals surface area contributed by atoms with E-state index in [9.17, 15) is 13.2 Å². The normalized spacial score (nSPS) is 18.6. The largest absolute Gasteiger partial charge is 0.478 e. The lowest BCUT2D eigenvalue weighted by molar-refractivity contribution is 0.0696. The fourth-order valence-electron chi connectivity index (χ4n) is 2.48. The Morgan fingerprint density at radius 2 is 1.95 bits per heavy atom. The number of hydrogen-bond acceptors (Lipinski definition) is 3. The lowest BCUT2D eigenvalue weighted by Gasteiger charge is -2.12. The molecule has 1 aromatic rings. The Balaban J connectivity index is 2.15. The van der Waals surface area contributed by atoms with Gasteiger partial charge in [0, 0.05) is 0 Å². The first-order valence-corrected chi connectivity index (χ1v) is 8.08. The van der Waals surface area contributed by atoms with E-state index >= 15 is 0 Å². The van der Waals surface area contributed by atoms with Gasteiger partial charge in [-0.2, -0.15) is 0 Å². The second-order valence-corrected chi connectivity index (χ2v) is 8.04. The number of hydrogen-bond donors (Lipinski definition) is 1. The molecule has 0 amide bonds. The van der Waals surface area contributed by atoms with Crippen LogP contribution in [0.3, 0.4) is 0 Å². The molecular formula is C14H18O4S. The minimum Gasteiger partial charge on any atom is -0.478 e. The molecule has 1 N–H and O–H groups in total. The molecule has 1 aliphatic rings. The van der Waals surface area contributed by atoms with Gasteiger partial charge in [-0.15, -0.1) is 0 Å². The van der Waals surface area contributed by atoms with Crippen LogP contribution in [0.5, 0.6) is 0 Å². The minimum atomic E-state index is -3.04. The van der Waals surface area contributed by atoms with Gasteiger partial charge in [0.15, 0.2) is 9.84 Å². The molecule has 104 valence electrons. The third-order valence-corrected chi connectivity index (χ3v) is 6.03. The lowest BCUT2D eigenvalue weighted by atomic mass is 10.1. The number of rotatable bonds is 4. The summed E-state index contributed by atoms with van der Waals surface area (Å²) in [6.07, 6.45) is 1.38. The van der Waals surface area contributed by atoms with Crippen molar-refractivity contribution in [1.29, 1.82) is 0 Å². The number of carbonyl (C=O) groups is 1. The summed E-state index contributed by atoms with van der Waals surface area (Å²) in [6, 6.07) is 5.06. The van der Waals surface area contributed by atoms with Crippen LogP contribution in [-0.4, -0.2) is 30.5 Å². The zero-order valence-electron chi connectivity index (χ0n) is 11.1. The Morgan fingerprint density at radius 1 is 1.32 bits per heavy atom. The summed E-state index contributed by atoms with van der Waals surface area (Å²) in [4.78, 5) is 10.9. The van der Waals surface area contributed by atoms with Crippen molar-refractivity contribution in [2.45, 2.75) is 31.9 Å². The van der Waals surface area contributed by atoms with Gasteiger partial charge in [0.25, 0.3) is 0 Å². The summed E-state index contributed by atoms with van der Waals surface area (Å²) >= 11 is 0. The molecule has 0 unspecified atom stereocenters. The highest BCUT2D eigenvalue weighted by Crippen LogP contribution is 2.29. The third-order valence-electron chi connectivity index (χ3n) is 3.66. The maximum absolute atomic E-state index is 11.9. The van der Waals surface area contributed by atoms with Crippen LogP contribution < -0.4 is 0 Å². The van der Waals surface area contributed by atoms with Crippen molar-refractivity contribution < 1.29 is 18.3 Å². The number of sulfone groups is 1. The van der Waals surface area contributed by atoms with Gasteiger partial charge in [-0.25, -0.2) is 13.2 Å². The minimum absolute atomic E-state index is 0.0754. The van der Waals surface area contributed by atoms with Crippen molar-refractivity contribution in [3.8, 4) is 0 Å². The molecule has 19 heavy (non-hydrogen) atoms. The highest BCUT2D eigenvalue weighted by atomic mass is 32.2. The predicted molar refractivity (Wildman–Crippen MR) is 73.2 cm³/mol. The van der Waals surface area contributed by atoms with Crippen LogP contribution >= 0.6 is 0 Å². The average Bonchev–Trinajstić information content (AvgIpc) is 2.68. The topological polar surface area (TPSA) is 71.4 Å². The summed E-state index contributed by atoms with van der Waals surface area (Å²) in [6.45, 7) is 3.39. The fraction of sp³-hybridized carbons (Fsp3) is 0.500. The molecule has 0 aliphatic heterocycles. The van der Waals surface area contributed by atoms with Crippen molar-refractivity contribution in [3.63, 3.8) is 0 Å². The lowest BCUT2D eigenvalue weighted by Crippen LogP contribution is -2.23. The van der Waals surface area contributed by atoms with Crippen LogP contribution in [0.1, 0.15) is 35.3 Å². The SMILES string of the molecule is CC(C)S(=O)(=O)C[C@H]1Cc2ccc(C(=O)O)cc2C1. The molecule has 0 saturated heterocycles. The third kappa shape index (κ3) is 2.97. The van der Waals surface area contributed by atoms with Gasteiger partial charge in [-0.1, -0.05) is 6.07 Å². The molecule has 0 saturated carbocycles. The zero-order chi connectivity index (χ0) is 14.2. The van der Waals surface area contributed by atoms with Gasteiger partial charge >= 0.3 is 5.97 Å². The predicted octanol–water partition coefficient (Wildman–Crippen LogP) is 1.92. The summed E-state index contributed by atoms with van der Waals surface area (Å²) in [5.74, 6) is -0.686. The molecule has 4 nitrogen and oxygen atoms in total. The molecule has 0 fully saturated rings. The highest BCUT2D eigenvalue weighted by molar-refractivity contribution is 7.91. The molecule has 0 spiro atoms. The van der Waals surface area contributed by atoms with Crippen LogP contribution in [0.15, 0.2) is 18.2 Å². The molecule has 5 heteroatoms. The Bertz CT molecular complexity index is 602. The van der Waals surface area contributed by atoms with Crippen molar-refractivity contribution in [2.75, 3.05) is 5.75 Å². The van der Waals surface area contributed by atoms with Crippen LogP contribution in [0, 0.1) is 5.92 Å². The highest BCUT2D eigenvalue weighted by Gasteiger charge is 2.28. The second kappa shape index (κ2) is 4.96. The van der Waals surface area contributed by atoms with Crippen molar-refractivity contribution in [3.05, 3.63) is 34.9 Å². The van der Waals surface area contributed by atoms with Crippen molar-refractivity contribution in [1.82, 2.24) is 0 Å². The number of aromatic carboxylic acids is 1. The first-order chi connectivity index (χ1) is 8.79. The summed E-state index contributed by atoms with van der Waals surface area (Å²) in [5, 5.41) is 8.59. The van der Waals surface area contributed by atoms with E-state index in [0.29, 0.717) is 6.42 Å². The molecule has 0 aromatic heterocycles. The summed E-state index contributed by atoms with van der Waals surface area (Å²) in [7, 11) is -3.04. The average molecular weight is 282 g/mol. The van der Waals surface area contributed by atoms with E-state index in [1.165, 1.54) is 0 Å². The zero-order valence-corrected chi connectivity index (χ0v) is 11.9. The van der Waals surface area contributed by atoms with Crippen molar-refractivity contribution in [2.24, 2.45) is 5.92 Å². The van der Waals surface area contributed by atoms with Crippen LogP contribution in [0.4, 0.5) is 0 Å². The monoisotopic (exact) mass is 282 g/mol. The number of carboxylic acid groups (broad SMARTS) is 1. The maximum atomic E-state index is 11.9. The molecule has 1 aliphatic carbocycles. The van der Waals surface area contributed by atoms with E-state index in [2.05, 4.69) is 0 Å². The van der Waals surface area contributed by atoms with E-state index < -0.39 is 15.8 Å². The first-order valence-electron chi connectivity index (χ1n) is 6.36. The number of fused-ring (bicyclic) bond motifs is 1. The summed E-state index contributed by atoms with van der Waals surface area (Å²) in [5.41, 5.74) is 2.32. The van der Waals surface area contributed by atoms with Crippen LogP contribution in [0.2, 0.25) is 0 Å². The Morgan fingerprint density at radius 3 is 2.53 bits per heavy atom. The molecule has 0 bridgehead atoms. The van der Waals surface area contributed by atoms with Gasteiger partial charge in [-0.3, -0.25) is 0 Å². The Labute approximate surface area is 113 Å².